The van der Waals surface area contributed by atoms with Crippen molar-refractivity contribution >= 4 is 45.0 Å². The van der Waals surface area contributed by atoms with Gasteiger partial charge < -0.3 is 4.74 Å². The molecule has 0 aliphatic carbocycles. The number of carbonyl (C=O) groups excluding carboxylic acids is 1. The van der Waals surface area contributed by atoms with Gasteiger partial charge in [-0.3, -0.25) is 9.69 Å². The monoisotopic (exact) mass is 459 g/mol. The SMILES string of the molecule is CCCC1S/C(=N\N=C\c2ccc(Br)cc2)N(Cc2ccc(OC)cc2)C1=O. The minimum atomic E-state index is -0.0927. The van der Waals surface area contributed by atoms with Crippen molar-refractivity contribution in [1.82, 2.24) is 4.90 Å². The van der Waals surface area contributed by atoms with Crippen LogP contribution in [0.4, 0.5) is 0 Å². The van der Waals surface area contributed by atoms with E-state index in [4.69, 9.17) is 4.74 Å². The number of hydrogen-bond donors (Lipinski definition) is 0. The van der Waals surface area contributed by atoms with E-state index in [-0.39, 0.29) is 11.2 Å². The average molecular weight is 460 g/mol. The van der Waals surface area contributed by atoms with Crippen LogP contribution in [0, 0.1) is 0 Å². The van der Waals surface area contributed by atoms with Crippen molar-refractivity contribution in [2.75, 3.05) is 7.11 Å². The van der Waals surface area contributed by atoms with Crippen LogP contribution in [0.15, 0.2) is 63.2 Å². The number of rotatable bonds is 7. The quantitative estimate of drug-likeness (QED) is 0.427. The molecule has 0 radical (unpaired) electrons. The summed E-state index contributed by atoms with van der Waals surface area (Å²) in [7, 11) is 1.64. The highest BCUT2D eigenvalue weighted by molar-refractivity contribution is 9.10. The van der Waals surface area contributed by atoms with E-state index in [2.05, 4.69) is 33.1 Å². The zero-order valence-electron chi connectivity index (χ0n) is 15.8. The highest BCUT2D eigenvalue weighted by Crippen LogP contribution is 2.32. The van der Waals surface area contributed by atoms with E-state index in [9.17, 15) is 4.79 Å². The molecule has 0 N–H and O–H groups in total. The van der Waals surface area contributed by atoms with Crippen LogP contribution >= 0.6 is 27.7 Å². The predicted octanol–water partition coefficient (Wildman–Crippen LogP) is 5.09. The first-order chi connectivity index (χ1) is 13.6. The van der Waals surface area contributed by atoms with Crippen molar-refractivity contribution in [2.24, 2.45) is 10.2 Å². The maximum Gasteiger partial charge on any atom is 0.242 e. The van der Waals surface area contributed by atoms with Crippen molar-refractivity contribution in [2.45, 2.75) is 31.6 Å². The minimum absolute atomic E-state index is 0.0927. The summed E-state index contributed by atoms with van der Waals surface area (Å²) in [6.45, 7) is 2.56. The summed E-state index contributed by atoms with van der Waals surface area (Å²) in [5, 5.41) is 9.12. The van der Waals surface area contributed by atoms with Gasteiger partial charge in [-0.05, 0) is 41.8 Å². The van der Waals surface area contributed by atoms with Gasteiger partial charge in [0.05, 0.1) is 25.1 Å². The van der Waals surface area contributed by atoms with Crippen molar-refractivity contribution in [1.29, 1.82) is 0 Å². The summed E-state index contributed by atoms with van der Waals surface area (Å²) >= 11 is 4.91. The number of thioether (sulfide) groups is 1. The first kappa shape index (κ1) is 20.6. The molecule has 0 bridgehead atoms. The normalized spacial score (nSPS) is 18.4. The third-order valence-corrected chi connectivity index (χ3v) is 6.05. The Morgan fingerprint density at radius 3 is 2.54 bits per heavy atom. The molecular formula is C21H22BrN3O2S. The second-order valence-electron chi connectivity index (χ2n) is 6.35. The molecule has 1 saturated heterocycles. The largest absolute Gasteiger partial charge is 0.497 e. The molecule has 1 amide bonds. The summed E-state index contributed by atoms with van der Waals surface area (Å²) in [5.41, 5.74) is 1.98. The van der Waals surface area contributed by atoms with Crippen LogP contribution in [0.3, 0.4) is 0 Å². The highest BCUT2D eigenvalue weighted by atomic mass is 79.9. The molecule has 2 aromatic rings. The number of amidine groups is 1. The summed E-state index contributed by atoms with van der Waals surface area (Å²) < 4.78 is 6.22. The molecule has 5 nitrogen and oxygen atoms in total. The van der Waals surface area contributed by atoms with Crippen LogP contribution in [0.25, 0.3) is 0 Å². The molecular weight excluding hydrogens is 438 g/mol. The number of halogens is 1. The second kappa shape index (κ2) is 9.89. The Morgan fingerprint density at radius 2 is 1.89 bits per heavy atom. The van der Waals surface area contributed by atoms with Gasteiger partial charge in [-0.15, -0.1) is 5.10 Å². The van der Waals surface area contributed by atoms with Gasteiger partial charge >= 0.3 is 0 Å². The summed E-state index contributed by atoms with van der Waals surface area (Å²) in [5.74, 6) is 0.892. The Hall–Kier alpha value is -2.12. The number of amides is 1. The smallest absolute Gasteiger partial charge is 0.242 e. The first-order valence-electron chi connectivity index (χ1n) is 9.08. The number of hydrogen-bond acceptors (Lipinski definition) is 5. The van der Waals surface area contributed by atoms with Gasteiger partial charge in [-0.25, -0.2) is 0 Å². The van der Waals surface area contributed by atoms with Crippen LogP contribution < -0.4 is 4.74 Å². The third kappa shape index (κ3) is 5.23. The molecule has 0 saturated carbocycles. The van der Waals surface area contributed by atoms with Crippen molar-refractivity contribution in [3.63, 3.8) is 0 Å². The predicted molar refractivity (Wildman–Crippen MR) is 119 cm³/mol. The molecule has 7 heteroatoms. The zero-order valence-corrected chi connectivity index (χ0v) is 18.2. The fourth-order valence-electron chi connectivity index (χ4n) is 2.78. The van der Waals surface area contributed by atoms with Crippen LogP contribution in [-0.4, -0.2) is 34.5 Å². The van der Waals surface area contributed by atoms with E-state index in [0.29, 0.717) is 11.7 Å². The number of nitrogens with zero attached hydrogens (tertiary/aromatic N) is 3. The van der Waals surface area contributed by atoms with Crippen LogP contribution in [0.5, 0.6) is 5.75 Å². The molecule has 1 aliphatic rings. The standard InChI is InChI=1S/C21H22BrN3O2S/c1-3-4-19-20(26)25(14-16-7-11-18(27-2)12-8-16)21(28-19)24-23-13-15-5-9-17(22)10-6-15/h5-13,19H,3-4,14H2,1-2H3/b23-13+,24-21-. The highest BCUT2D eigenvalue weighted by Gasteiger charge is 2.37. The minimum Gasteiger partial charge on any atom is -0.497 e. The number of methoxy groups -OCH3 is 1. The molecule has 1 aliphatic heterocycles. The molecule has 2 aromatic carbocycles. The molecule has 0 aromatic heterocycles. The van der Waals surface area contributed by atoms with E-state index in [1.54, 1.807) is 18.2 Å². The lowest BCUT2D eigenvalue weighted by Gasteiger charge is -2.16. The molecule has 1 unspecified atom stereocenters. The number of benzene rings is 2. The van der Waals surface area contributed by atoms with Gasteiger partial charge in [0, 0.05) is 4.47 Å². The fourth-order valence-corrected chi connectivity index (χ4v) is 4.26. The van der Waals surface area contributed by atoms with Crippen molar-refractivity contribution in [3.8, 4) is 5.75 Å². The maximum absolute atomic E-state index is 12.8. The van der Waals surface area contributed by atoms with Crippen LogP contribution in [0.2, 0.25) is 0 Å². The average Bonchev–Trinajstić information content (AvgIpc) is 2.99. The second-order valence-corrected chi connectivity index (χ2v) is 8.43. The lowest BCUT2D eigenvalue weighted by molar-refractivity contribution is -0.126. The summed E-state index contributed by atoms with van der Waals surface area (Å²) in [6, 6.07) is 15.5. The van der Waals surface area contributed by atoms with Crippen LogP contribution in [0.1, 0.15) is 30.9 Å². The Morgan fingerprint density at radius 1 is 1.18 bits per heavy atom. The molecule has 146 valence electrons. The van der Waals surface area contributed by atoms with Gasteiger partial charge in [-0.1, -0.05) is 65.3 Å². The van der Waals surface area contributed by atoms with Gasteiger partial charge in [0.15, 0.2) is 5.17 Å². The van der Waals surface area contributed by atoms with E-state index in [0.717, 1.165) is 34.2 Å². The Bertz CT molecular complexity index is 866. The molecule has 1 fully saturated rings. The van der Waals surface area contributed by atoms with E-state index < -0.39 is 0 Å². The van der Waals surface area contributed by atoms with Crippen molar-refractivity contribution in [3.05, 3.63) is 64.1 Å². The lowest BCUT2D eigenvalue weighted by Crippen LogP contribution is -2.31. The topological polar surface area (TPSA) is 54.3 Å². The maximum atomic E-state index is 12.8. The molecule has 3 rings (SSSR count). The zero-order chi connectivity index (χ0) is 19.9. The Kier molecular flexibility index (Phi) is 7.28. The Balaban J connectivity index is 1.78. The lowest BCUT2D eigenvalue weighted by atomic mass is 10.2. The molecule has 0 spiro atoms. The van der Waals surface area contributed by atoms with Gasteiger partial charge in [0.25, 0.3) is 0 Å². The number of ether oxygens (including phenoxy) is 1. The molecule has 28 heavy (non-hydrogen) atoms. The van der Waals surface area contributed by atoms with E-state index >= 15 is 0 Å². The molecule has 1 heterocycles. The van der Waals surface area contributed by atoms with Crippen LogP contribution in [-0.2, 0) is 11.3 Å². The third-order valence-electron chi connectivity index (χ3n) is 4.29. The van der Waals surface area contributed by atoms with Gasteiger partial charge in [-0.2, -0.15) is 5.10 Å². The number of carbonyl (C=O) groups is 1. The molecule has 1 atom stereocenters. The summed E-state index contributed by atoms with van der Waals surface area (Å²) in [4.78, 5) is 14.6. The van der Waals surface area contributed by atoms with Gasteiger partial charge in [0.2, 0.25) is 5.91 Å². The van der Waals surface area contributed by atoms with Crippen molar-refractivity contribution < 1.29 is 9.53 Å². The van der Waals surface area contributed by atoms with E-state index in [1.807, 2.05) is 48.5 Å². The van der Waals surface area contributed by atoms with Gasteiger partial charge in [0.1, 0.15) is 5.75 Å². The first-order valence-corrected chi connectivity index (χ1v) is 10.8. The summed E-state index contributed by atoms with van der Waals surface area (Å²) in [6.07, 6.45) is 3.48. The van der Waals surface area contributed by atoms with E-state index in [1.165, 1.54) is 11.8 Å². The Labute approximate surface area is 178 Å². The fraction of sp³-hybridized carbons (Fsp3) is 0.286.